The smallest absolute Gasteiger partial charge is 0.112 e. The minimum Gasteiger partial charge on any atom is -0.495 e. The summed E-state index contributed by atoms with van der Waals surface area (Å²) in [7, 11) is 0. The van der Waals surface area contributed by atoms with Crippen molar-refractivity contribution in [3.63, 3.8) is 0 Å². The summed E-state index contributed by atoms with van der Waals surface area (Å²) in [5.41, 5.74) is 10.5. The lowest BCUT2D eigenvalue weighted by Gasteiger charge is -2.68. The molecule has 232 valence electrons. The highest BCUT2D eigenvalue weighted by Crippen LogP contribution is 2.73. The Labute approximate surface area is 253 Å². The molecule has 0 amide bonds. The summed E-state index contributed by atoms with van der Waals surface area (Å²) in [6.45, 7) is 26.9. The first-order valence-corrected chi connectivity index (χ1v) is 17.2. The molecule has 1 aliphatic heterocycles. The van der Waals surface area contributed by atoms with Gasteiger partial charge in [0.2, 0.25) is 0 Å². The Balaban J connectivity index is 1.47. The van der Waals surface area contributed by atoms with E-state index in [2.05, 4.69) is 101 Å². The summed E-state index contributed by atoms with van der Waals surface area (Å²) in [5.74, 6) is 2.86. The van der Waals surface area contributed by atoms with Crippen LogP contribution in [-0.4, -0.2) is 23.9 Å². The Bertz CT molecular complexity index is 1100. The van der Waals surface area contributed by atoms with E-state index in [9.17, 15) is 0 Å². The van der Waals surface area contributed by atoms with Crippen molar-refractivity contribution in [1.82, 2.24) is 0 Å². The minimum absolute atomic E-state index is 0.000630. The van der Waals surface area contributed by atoms with Gasteiger partial charge < -0.3 is 15.2 Å². The van der Waals surface area contributed by atoms with E-state index >= 15 is 0 Å². The molecule has 1 spiro atoms. The fourth-order valence-corrected chi connectivity index (χ4v) is 10.6. The zero-order valence-electron chi connectivity index (χ0n) is 28.5. The maximum Gasteiger partial charge on any atom is 0.112 e. The third-order valence-corrected chi connectivity index (χ3v) is 14.6. The van der Waals surface area contributed by atoms with E-state index in [1.165, 1.54) is 50.5 Å². The second kappa shape index (κ2) is 10.3. The van der Waals surface area contributed by atoms with E-state index < -0.39 is 0 Å². The molecule has 0 aromatic carbocycles. The van der Waals surface area contributed by atoms with E-state index in [4.69, 9.17) is 15.2 Å². The predicted molar refractivity (Wildman–Crippen MR) is 172 cm³/mol. The van der Waals surface area contributed by atoms with E-state index in [0.29, 0.717) is 41.6 Å². The Morgan fingerprint density at radius 3 is 2.44 bits per heavy atom. The molecular weight excluding hydrogens is 502 g/mol. The molecule has 2 bridgehead atoms. The second-order valence-corrected chi connectivity index (χ2v) is 17.0. The Hall–Kier alpha value is -1.06. The lowest BCUT2D eigenvalue weighted by molar-refractivity contribution is -0.181. The van der Waals surface area contributed by atoms with Gasteiger partial charge in [-0.05, 0) is 117 Å². The summed E-state index contributed by atoms with van der Waals surface area (Å²) in [6, 6.07) is 0. The molecule has 0 aromatic rings. The molecule has 2 N–H and O–H groups in total. The van der Waals surface area contributed by atoms with Crippen LogP contribution in [0.4, 0.5) is 0 Å². The topological polar surface area (TPSA) is 44.5 Å². The number of ether oxygens (including phenoxy) is 2. The number of hydrogen-bond acceptors (Lipinski definition) is 3. The van der Waals surface area contributed by atoms with Crippen molar-refractivity contribution in [2.45, 2.75) is 145 Å². The fourth-order valence-electron chi connectivity index (χ4n) is 10.6. The standard InChI is InChI=1S/C38H63NO2/c1-12-28-22-34(9,32(28)40-24-36(11,39)26(5)6)31-15-14-30-29(33(31,8)13-2)16-17-37-20-21-41-38(23-37,27(7)25(3)4)19-18-35(30,37)10/h12,16,20-21,25-27,30-32H,13-15,17-19,22-24,39H2,1-11H3/b28-12-/t27-,30?,31?,32?,33?,34+,35?,36+,37-,38-/m1/s1. The number of fused-ring (bicyclic) bond motifs is 3. The largest absolute Gasteiger partial charge is 0.495 e. The van der Waals surface area contributed by atoms with E-state index in [-0.39, 0.29) is 33.5 Å². The molecule has 41 heavy (non-hydrogen) atoms. The van der Waals surface area contributed by atoms with Crippen LogP contribution < -0.4 is 5.73 Å². The first kappa shape index (κ1) is 31.4. The van der Waals surface area contributed by atoms with Gasteiger partial charge in [0.15, 0.2) is 0 Å². The van der Waals surface area contributed by atoms with Crippen LogP contribution in [0.5, 0.6) is 0 Å². The van der Waals surface area contributed by atoms with Crippen LogP contribution in [0.25, 0.3) is 0 Å². The fraction of sp³-hybridized carbons (Fsp3) is 0.842. The molecule has 1 heterocycles. The van der Waals surface area contributed by atoms with Crippen molar-refractivity contribution in [2.24, 2.45) is 57.0 Å². The zero-order chi connectivity index (χ0) is 30.2. The van der Waals surface area contributed by atoms with E-state index in [1.54, 1.807) is 5.57 Å². The van der Waals surface area contributed by atoms with Gasteiger partial charge in [0.25, 0.3) is 0 Å². The van der Waals surface area contributed by atoms with Gasteiger partial charge in [-0.15, -0.1) is 0 Å². The van der Waals surface area contributed by atoms with Crippen LogP contribution in [-0.2, 0) is 9.47 Å². The van der Waals surface area contributed by atoms with Crippen molar-refractivity contribution in [2.75, 3.05) is 6.61 Å². The average molecular weight is 566 g/mol. The van der Waals surface area contributed by atoms with Crippen LogP contribution in [0.2, 0.25) is 0 Å². The van der Waals surface area contributed by atoms with Crippen LogP contribution in [0.1, 0.15) is 128 Å². The molecule has 4 aliphatic carbocycles. The molecule has 3 saturated carbocycles. The van der Waals surface area contributed by atoms with Crippen molar-refractivity contribution < 1.29 is 9.47 Å². The second-order valence-electron chi connectivity index (χ2n) is 17.0. The van der Waals surface area contributed by atoms with Gasteiger partial charge in [-0.1, -0.05) is 80.0 Å². The quantitative estimate of drug-likeness (QED) is 0.298. The van der Waals surface area contributed by atoms with Crippen LogP contribution >= 0.6 is 0 Å². The van der Waals surface area contributed by atoms with Gasteiger partial charge in [-0.25, -0.2) is 0 Å². The summed E-state index contributed by atoms with van der Waals surface area (Å²) >= 11 is 0. The molecule has 5 rings (SSSR count). The molecule has 0 aromatic heterocycles. The summed E-state index contributed by atoms with van der Waals surface area (Å²) in [4.78, 5) is 0. The number of hydrogen-bond donors (Lipinski definition) is 1. The summed E-state index contributed by atoms with van der Waals surface area (Å²) in [5, 5.41) is 0. The number of rotatable bonds is 8. The Morgan fingerprint density at radius 1 is 1.12 bits per heavy atom. The van der Waals surface area contributed by atoms with Gasteiger partial charge in [-0.2, -0.15) is 0 Å². The third kappa shape index (κ3) is 4.40. The average Bonchev–Trinajstić information content (AvgIpc) is 2.92. The zero-order valence-corrected chi connectivity index (χ0v) is 28.5. The molecule has 0 saturated heterocycles. The van der Waals surface area contributed by atoms with Gasteiger partial charge in [0, 0.05) is 16.4 Å². The monoisotopic (exact) mass is 565 g/mol. The maximum absolute atomic E-state index is 6.83. The maximum atomic E-state index is 6.83. The van der Waals surface area contributed by atoms with E-state index in [1.807, 2.05) is 0 Å². The number of allylic oxidation sites excluding steroid dienone is 4. The van der Waals surface area contributed by atoms with Crippen molar-refractivity contribution in [1.29, 1.82) is 0 Å². The first-order valence-electron chi connectivity index (χ1n) is 17.2. The molecule has 10 atom stereocenters. The molecule has 3 fully saturated rings. The highest BCUT2D eigenvalue weighted by atomic mass is 16.5. The molecule has 3 heteroatoms. The predicted octanol–water partition coefficient (Wildman–Crippen LogP) is 9.63. The van der Waals surface area contributed by atoms with Crippen molar-refractivity contribution in [3.8, 4) is 0 Å². The van der Waals surface area contributed by atoms with Crippen LogP contribution in [0.15, 0.2) is 35.6 Å². The molecule has 3 nitrogen and oxygen atoms in total. The van der Waals surface area contributed by atoms with Gasteiger partial charge >= 0.3 is 0 Å². The van der Waals surface area contributed by atoms with Gasteiger partial charge in [0.1, 0.15) is 5.60 Å². The molecular formula is C38H63NO2. The number of nitrogens with two attached hydrogens (primary N) is 1. The van der Waals surface area contributed by atoms with Crippen molar-refractivity contribution in [3.05, 3.63) is 35.6 Å². The van der Waals surface area contributed by atoms with Crippen LogP contribution in [0.3, 0.4) is 0 Å². The van der Waals surface area contributed by atoms with Gasteiger partial charge in [0.05, 0.1) is 19.0 Å². The van der Waals surface area contributed by atoms with Crippen molar-refractivity contribution >= 4 is 0 Å². The molecule has 5 aliphatic rings. The molecule has 0 radical (unpaired) electrons. The summed E-state index contributed by atoms with van der Waals surface area (Å²) in [6.07, 6.45) is 19.7. The van der Waals surface area contributed by atoms with Crippen LogP contribution in [0, 0.1) is 51.2 Å². The normalized spacial score (nSPS) is 46.7. The van der Waals surface area contributed by atoms with Gasteiger partial charge in [-0.3, -0.25) is 0 Å². The highest BCUT2D eigenvalue weighted by Gasteiger charge is 2.67. The lowest BCUT2D eigenvalue weighted by Crippen LogP contribution is -2.63. The highest BCUT2D eigenvalue weighted by molar-refractivity contribution is 5.37. The SMILES string of the molecule is C/C=C1/C[C@@](C)(C2CCC3C(=CC[C@]45C=CO[C@]([C@H](C)C(C)C)(CCC34C)C5)C2(C)CC)C1OC[C@](C)(N)C(C)C. The lowest BCUT2D eigenvalue weighted by atomic mass is 9.37. The Kier molecular flexibility index (Phi) is 7.84. The Morgan fingerprint density at radius 2 is 1.83 bits per heavy atom. The molecule has 5 unspecified atom stereocenters. The minimum atomic E-state index is -0.309. The van der Waals surface area contributed by atoms with E-state index in [0.717, 1.165) is 6.42 Å². The first-order chi connectivity index (χ1) is 19.1. The third-order valence-electron chi connectivity index (χ3n) is 14.6. The summed E-state index contributed by atoms with van der Waals surface area (Å²) < 4.78 is 13.4.